The number of aryl methyl sites for hydroxylation is 2. The van der Waals surface area contributed by atoms with Crippen LogP contribution < -0.4 is 0 Å². The predicted molar refractivity (Wildman–Crippen MR) is 85.0 cm³/mol. The molecule has 0 fully saturated rings. The maximum absolute atomic E-state index is 9.68. The zero-order valence-corrected chi connectivity index (χ0v) is 12.5. The molecule has 0 spiro atoms. The van der Waals surface area contributed by atoms with Crippen LogP contribution in [0.1, 0.15) is 47.9 Å². The molecule has 0 amide bonds. The number of rotatable bonds is 2. The zero-order valence-electron chi connectivity index (χ0n) is 12.5. The van der Waals surface area contributed by atoms with Gasteiger partial charge in [0.25, 0.3) is 0 Å². The highest BCUT2D eigenvalue weighted by molar-refractivity contribution is 5.41. The summed E-state index contributed by atoms with van der Waals surface area (Å²) in [6.07, 6.45) is 5.31. The quantitative estimate of drug-likeness (QED) is 0.805. The third-order valence-corrected chi connectivity index (χ3v) is 4.60. The van der Waals surface area contributed by atoms with Gasteiger partial charge < -0.3 is 10.2 Å². The van der Waals surface area contributed by atoms with Crippen LogP contribution in [0.15, 0.2) is 36.4 Å². The van der Waals surface area contributed by atoms with Gasteiger partial charge in [0.1, 0.15) is 11.5 Å². The molecule has 0 saturated carbocycles. The van der Waals surface area contributed by atoms with Crippen LogP contribution in [-0.4, -0.2) is 10.2 Å². The molecule has 1 aliphatic rings. The van der Waals surface area contributed by atoms with Crippen LogP contribution in [0.25, 0.3) is 0 Å². The van der Waals surface area contributed by atoms with E-state index in [1.807, 2.05) is 12.1 Å². The Bertz CT molecular complexity index is 646. The van der Waals surface area contributed by atoms with Crippen molar-refractivity contribution < 1.29 is 10.2 Å². The van der Waals surface area contributed by atoms with Crippen molar-refractivity contribution in [2.24, 2.45) is 0 Å². The molecule has 0 radical (unpaired) electrons. The second kappa shape index (κ2) is 5.80. The monoisotopic (exact) mass is 282 g/mol. The van der Waals surface area contributed by atoms with Gasteiger partial charge in [0, 0.05) is 0 Å². The lowest BCUT2D eigenvalue weighted by atomic mass is 9.86. The van der Waals surface area contributed by atoms with Crippen molar-refractivity contribution >= 4 is 0 Å². The van der Waals surface area contributed by atoms with Gasteiger partial charge >= 0.3 is 0 Å². The lowest BCUT2D eigenvalue weighted by Crippen LogP contribution is -2.05. The van der Waals surface area contributed by atoms with Gasteiger partial charge in [-0.05, 0) is 84.5 Å². The zero-order chi connectivity index (χ0) is 14.8. The van der Waals surface area contributed by atoms with Crippen LogP contribution in [0.4, 0.5) is 0 Å². The molecule has 110 valence electrons. The van der Waals surface area contributed by atoms with E-state index in [1.165, 1.54) is 22.3 Å². The van der Waals surface area contributed by atoms with E-state index in [1.54, 1.807) is 12.1 Å². The van der Waals surface area contributed by atoms with Crippen LogP contribution in [0, 0.1) is 0 Å². The number of phenolic OH excluding ortho intramolecular Hbond substituents is 2. The highest BCUT2D eigenvalue weighted by atomic mass is 16.3. The number of aromatic hydroxyl groups is 2. The van der Waals surface area contributed by atoms with E-state index < -0.39 is 0 Å². The molecule has 0 aliphatic heterocycles. The number of fused-ring (bicyclic) bond motifs is 1. The Morgan fingerprint density at radius 2 is 1.76 bits per heavy atom. The Balaban J connectivity index is 1.95. The third kappa shape index (κ3) is 2.90. The summed E-state index contributed by atoms with van der Waals surface area (Å²) in [5, 5.41) is 19.3. The number of hydrogen-bond acceptors (Lipinski definition) is 2. The summed E-state index contributed by atoms with van der Waals surface area (Å²) >= 11 is 0. The summed E-state index contributed by atoms with van der Waals surface area (Å²) in [6.45, 7) is 2.14. The highest BCUT2D eigenvalue weighted by Gasteiger charge is 2.20. The molecule has 2 aromatic rings. The normalized spacial score (nSPS) is 18.0. The molecule has 2 N–H and O–H groups in total. The molecule has 2 nitrogen and oxygen atoms in total. The van der Waals surface area contributed by atoms with Gasteiger partial charge in [0.15, 0.2) is 0 Å². The first-order valence-corrected chi connectivity index (χ1v) is 7.80. The Morgan fingerprint density at radius 3 is 2.57 bits per heavy atom. The maximum Gasteiger partial charge on any atom is 0.115 e. The maximum atomic E-state index is 9.68. The van der Waals surface area contributed by atoms with Gasteiger partial charge in [-0.2, -0.15) is 0 Å². The fraction of sp³-hybridized carbons (Fsp3) is 0.368. The van der Waals surface area contributed by atoms with Crippen molar-refractivity contribution in [3.05, 3.63) is 58.7 Å². The SMILES string of the molecule is CCc1cc(O)ccc1C1CCCc2cc(O)ccc2C1. The average Bonchev–Trinajstić information content (AvgIpc) is 2.68. The van der Waals surface area contributed by atoms with E-state index in [9.17, 15) is 10.2 Å². The summed E-state index contributed by atoms with van der Waals surface area (Å²) in [7, 11) is 0. The van der Waals surface area contributed by atoms with Gasteiger partial charge in [0.2, 0.25) is 0 Å². The molecule has 3 rings (SSSR count). The van der Waals surface area contributed by atoms with E-state index in [0.29, 0.717) is 17.4 Å². The molecule has 2 heteroatoms. The summed E-state index contributed by atoms with van der Waals surface area (Å²) in [4.78, 5) is 0. The predicted octanol–water partition coefficient (Wildman–Crippen LogP) is 4.32. The number of benzene rings is 2. The lowest BCUT2D eigenvalue weighted by molar-refractivity contribution is 0.473. The second-order valence-electron chi connectivity index (χ2n) is 5.98. The largest absolute Gasteiger partial charge is 0.508 e. The van der Waals surface area contributed by atoms with Crippen molar-refractivity contribution in [3.63, 3.8) is 0 Å². The molecule has 2 aromatic carbocycles. The Labute approximate surface area is 126 Å². The standard InChI is InChI=1S/C19H22O2/c1-2-13-11-18(21)8-9-19(13)16-5-3-4-14-12-17(20)7-6-15(14)10-16/h6-9,11-12,16,20-21H,2-5,10H2,1H3. The molecule has 0 saturated heterocycles. The first-order valence-electron chi connectivity index (χ1n) is 7.80. The van der Waals surface area contributed by atoms with Gasteiger partial charge in [0.05, 0.1) is 0 Å². The van der Waals surface area contributed by atoms with Crippen LogP contribution in [0.2, 0.25) is 0 Å². The Kier molecular flexibility index (Phi) is 3.87. The van der Waals surface area contributed by atoms with E-state index in [2.05, 4.69) is 19.1 Å². The Morgan fingerprint density at radius 1 is 1.00 bits per heavy atom. The van der Waals surface area contributed by atoms with Gasteiger partial charge in [-0.15, -0.1) is 0 Å². The molecule has 1 unspecified atom stereocenters. The third-order valence-electron chi connectivity index (χ3n) is 4.60. The van der Waals surface area contributed by atoms with E-state index >= 15 is 0 Å². The summed E-state index contributed by atoms with van der Waals surface area (Å²) in [5.74, 6) is 1.23. The second-order valence-corrected chi connectivity index (χ2v) is 5.98. The van der Waals surface area contributed by atoms with E-state index in [4.69, 9.17) is 0 Å². The smallest absolute Gasteiger partial charge is 0.115 e. The molecule has 0 aromatic heterocycles. The van der Waals surface area contributed by atoms with Gasteiger partial charge in [-0.3, -0.25) is 0 Å². The topological polar surface area (TPSA) is 40.5 Å². The van der Waals surface area contributed by atoms with Crippen molar-refractivity contribution in [2.45, 2.75) is 44.9 Å². The molecular weight excluding hydrogens is 260 g/mol. The van der Waals surface area contributed by atoms with Crippen LogP contribution in [0.3, 0.4) is 0 Å². The lowest BCUT2D eigenvalue weighted by Gasteiger charge is -2.19. The molecule has 1 aliphatic carbocycles. The molecule has 0 heterocycles. The van der Waals surface area contributed by atoms with Crippen molar-refractivity contribution in [1.29, 1.82) is 0 Å². The minimum Gasteiger partial charge on any atom is -0.508 e. The Hall–Kier alpha value is -1.96. The number of hydrogen-bond donors (Lipinski definition) is 2. The fourth-order valence-electron chi connectivity index (χ4n) is 3.51. The molecule has 1 atom stereocenters. The summed E-state index contributed by atoms with van der Waals surface area (Å²) in [6, 6.07) is 11.6. The molecule has 0 bridgehead atoms. The molecular formula is C19H22O2. The summed E-state index contributed by atoms with van der Waals surface area (Å²) < 4.78 is 0. The highest BCUT2D eigenvalue weighted by Crippen LogP contribution is 2.35. The molecule has 21 heavy (non-hydrogen) atoms. The minimum atomic E-state index is 0.356. The van der Waals surface area contributed by atoms with Gasteiger partial charge in [-0.25, -0.2) is 0 Å². The van der Waals surface area contributed by atoms with Crippen molar-refractivity contribution in [3.8, 4) is 11.5 Å². The van der Waals surface area contributed by atoms with Gasteiger partial charge in [-0.1, -0.05) is 19.1 Å². The first kappa shape index (κ1) is 14.0. The van der Waals surface area contributed by atoms with Crippen molar-refractivity contribution in [1.82, 2.24) is 0 Å². The average molecular weight is 282 g/mol. The van der Waals surface area contributed by atoms with Crippen LogP contribution in [-0.2, 0) is 19.3 Å². The van der Waals surface area contributed by atoms with Crippen LogP contribution >= 0.6 is 0 Å². The first-order chi connectivity index (χ1) is 10.2. The van der Waals surface area contributed by atoms with E-state index in [0.717, 1.165) is 32.1 Å². The van der Waals surface area contributed by atoms with E-state index in [-0.39, 0.29) is 0 Å². The van der Waals surface area contributed by atoms with Crippen molar-refractivity contribution in [2.75, 3.05) is 0 Å². The number of phenols is 2. The minimum absolute atomic E-state index is 0.356. The fourth-order valence-corrected chi connectivity index (χ4v) is 3.51. The summed E-state index contributed by atoms with van der Waals surface area (Å²) in [5.41, 5.74) is 5.26. The van der Waals surface area contributed by atoms with Crippen LogP contribution in [0.5, 0.6) is 11.5 Å².